The first-order chi connectivity index (χ1) is 8.87. The van der Waals surface area contributed by atoms with Gasteiger partial charge in [-0.25, -0.2) is 4.98 Å². The third-order valence-corrected chi connectivity index (χ3v) is 2.26. The number of aromatic nitrogens is 1. The van der Waals surface area contributed by atoms with Gasteiger partial charge in [-0.1, -0.05) is 12.1 Å². The van der Waals surface area contributed by atoms with E-state index in [1.54, 1.807) is 0 Å². The van der Waals surface area contributed by atoms with Gasteiger partial charge in [0.25, 0.3) is 5.95 Å². The minimum atomic E-state index is -4.82. The van der Waals surface area contributed by atoms with Gasteiger partial charge in [0.05, 0.1) is 0 Å². The van der Waals surface area contributed by atoms with E-state index in [0.29, 0.717) is 0 Å². The number of aromatic hydroxyl groups is 1. The first-order valence-electron chi connectivity index (χ1n) is 5.06. The number of pyridine rings is 1. The van der Waals surface area contributed by atoms with Gasteiger partial charge in [-0.15, -0.1) is 13.2 Å². The van der Waals surface area contributed by atoms with E-state index in [1.807, 2.05) is 0 Å². The molecule has 1 aromatic carbocycles. The first kappa shape index (κ1) is 13.1. The summed E-state index contributed by atoms with van der Waals surface area (Å²) in [6.07, 6.45) is -3.72. The largest absolute Gasteiger partial charge is 0.573 e. The lowest BCUT2D eigenvalue weighted by Gasteiger charge is -2.10. The monoisotopic (exact) mass is 273 g/mol. The molecule has 0 fully saturated rings. The van der Waals surface area contributed by atoms with E-state index in [4.69, 9.17) is 0 Å². The van der Waals surface area contributed by atoms with Gasteiger partial charge in [0, 0.05) is 11.8 Å². The number of benzene rings is 1. The summed E-state index contributed by atoms with van der Waals surface area (Å²) in [5.74, 6) is -2.28. The van der Waals surface area contributed by atoms with Crippen molar-refractivity contribution in [2.24, 2.45) is 0 Å². The Hall–Kier alpha value is -2.31. The lowest BCUT2D eigenvalue weighted by atomic mass is 10.1. The van der Waals surface area contributed by atoms with Crippen LogP contribution in [0.5, 0.6) is 11.5 Å². The van der Waals surface area contributed by atoms with Crippen LogP contribution >= 0.6 is 0 Å². The number of rotatable bonds is 2. The van der Waals surface area contributed by atoms with Crippen molar-refractivity contribution in [1.82, 2.24) is 4.98 Å². The van der Waals surface area contributed by atoms with E-state index in [9.17, 15) is 22.7 Å². The van der Waals surface area contributed by atoms with E-state index in [1.165, 1.54) is 18.2 Å². The van der Waals surface area contributed by atoms with Crippen LogP contribution in [0.25, 0.3) is 11.1 Å². The molecule has 0 amide bonds. The topological polar surface area (TPSA) is 42.4 Å². The van der Waals surface area contributed by atoms with Gasteiger partial charge in [-0.3, -0.25) is 0 Å². The SMILES string of the molecule is Oc1c(-c2cccc(OC(F)(F)F)c2)ccnc1F. The average Bonchev–Trinajstić information content (AvgIpc) is 2.31. The normalized spacial score (nSPS) is 11.4. The molecule has 0 atom stereocenters. The highest BCUT2D eigenvalue weighted by atomic mass is 19.4. The fourth-order valence-electron chi connectivity index (χ4n) is 1.52. The second-order valence-electron chi connectivity index (χ2n) is 3.57. The average molecular weight is 273 g/mol. The van der Waals surface area contributed by atoms with Crippen LogP contribution < -0.4 is 4.74 Å². The van der Waals surface area contributed by atoms with Gasteiger partial charge in [0.2, 0.25) is 0 Å². The van der Waals surface area contributed by atoms with Crippen molar-refractivity contribution in [3.63, 3.8) is 0 Å². The van der Waals surface area contributed by atoms with Crippen molar-refractivity contribution in [3.8, 4) is 22.6 Å². The Kier molecular flexibility index (Phi) is 3.28. The quantitative estimate of drug-likeness (QED) is 0.672. The highest BCUT2D eigenvalue weighted by Gasteiger charge is 2.31. The number of hydrogen-bond acceptors (Lipinski definition) is 3. The summed E-state index contributed by atoms with van der Waals surface area (Å²) in [7, 11) is 0. The van der Waals surface area contributed by atoms with Crippen LogP contribution in [0, 0.1) is 5.95 Å². The minimum absolute atomic E-state index is 0.0279. The molecule has 0 unspecified atom stereocenters. The highest BCUT2D eigenvalue weighted by Crippen LogP contribution is 2.33. The molecule has 1 aromatic heterocycles. The lowest BCUT2D eigenvalue weighted by molar-refractivity contribution is -0.274. The van der Waals surface area contributed by atoms with Gasteiger partial charge in [-0.2, -0.15) is 4.39 Å². The molecule has 2 aromatic rings. The smallest absolute Gasteiger partial charge is 0.503 e. The molecule has 1 heterocycles. The van der Waals surface area contributed by atoms with E-state index < -0.39 is 23.8 Å². The zero-order valence-corrected chi connectivity index (χ0v) is 9.28. The molecule has 7 heteroatoms. The second-order valence-corrected chi connectivity index (χ2v) is 3.57. The molecule has 0 spiro atoms. The Morgan fingerprint density at radius 2 is 1.89 bits per heavy atom. The Labute approximate surface area is 105 Å². The van der Waals surface area contributed by atoms with Crippen molar-refractivity contribution in [3.05, 3.63) is 42.5 Å². The van der Waals surface area contributed by atoms with E-state index >= 15 is 0 Å². The van der Waals surface area contributed by atoms with Gasteiger partial charge in [0.1, 0.15) is 5.75 Å². The van der Waals surface area contributed by atoms with E-state index in [0.717, 1.165) is 18.3 Å². The maximum Gasteiger partial charge on any atom is 0.573 e. The standard InChI is InChI=1S/C12H7F4NO2/c13-11-10(18)9(4-5-17-11)7-2-1-3-8(6-7)19-12(14,15)16/h1-6,18H. The Bertz CT molecular complexity index is 599. The van der Waals surface area contributed by atoms with Crippen molar-refractivity contribution in [2.45, 2.75) is 6.36 Å². The number of hydrogen-bond donors (Lipinski definition) is 1. The van der Waals surface area contributed by atoms with E-state index in [2.05, 4.69) is 9.72 Å². The molecule has 0 radical (unpaired) electrons. The Morgan fingerprint density at radius 3 is 2.58 bits per heavy atom. The van der Waals surface area contributed by atoms with E-state index in [-0.39, 0.29) is 11.1 Å². The molecular formula is C12H7F4NO2. The van der Waals surface area contributed by atoms with Crippen LogP contribution in [-0.2, 0) is 0 Å². The van der Waals surface area contributed by atoms with Crippen molar-refractivity contribution in [2.75, 3.05) is 0 Å². The fraction of sp³-hybridized carbons (Fsp3) is 0.0833. The van der Waals surface area contributed by atoms with Crippen LogP contribution in [0.2, 0.25) is 0 Å². The maximum absolute atomic E-state index is 13.1. The summed E-state index contributed by atoms with van der Waals surface area (Å²) in [5.41, 5.74) is 0.209. The van der Waals surface area contributed by atoms with Crippen molar-refractivity contribution < 1.29 is 27.4 Å². The van der Waals surface area contributed by atoms with Gasteiger partial charge >= 0.3 is 6.36 Å². The summed E-state index contributed by atoms with van der Waals surface area (Å²) >= 11 is 0. The summed E-state index contributed by atoms with van der Waals surface area (Å²) in [6.45, 7) is 0. The molecule has 2 rings (SSSR count). The van der Waals surface area contributed by atoms with Crippen molar-refractivity contribution >= 4 is 0 Å². The first-order valence-corrected chi connectivity index (χ1v) is 5.06. The molecule has 19 heavy (non-hydrogen) atoms. The predicted octanol–water partition coefficient (Wildman–Crippen LogP) is 3.49. The zero-order chi connectivity index (χ0) is 14.0. The number of nitrogens with zero attached hydrogens (tertiary/aromatic N) is 1. The fourth-order valence-corrected chi connectivity index (χ4v) is 1.52. The summed E-state index contributed by atoms with van der Waals surface area (Å²) in [6, 6.07) is 6.14. The predicted molar refractivity (Wildman–Crippen MR) is 58.0 cm³/mol. The van der Waals surface area contributed by atoms with Crippen LogP contribution in [0.15, 0.2) is 36.5 Å². The van der Waals surface area contributed by atoms with Crippen LogP contribution in [-0.4, -0.2) is 16.5 Å². The molecule has 1 N–H and O–H groups in total. The summed E-state index contributed by atoms with van der Waals surface area (Å²) in [5, 5.41) is 9.47. The van der Waals surface area contributed by atoms with Crippen LogP contribution in [0.3, 0.4) is 0 Å². The molecular weight excluding hydrogens is 266 g/mol. The number of alkyl halides is 3. The Morgan fingerprint density at radius 1 is 1.16 bits per heavy atom. The molecule has 100 valence electrons. The Balaban J connectivity index is 2.41. The van der Waals surface area contributed by atoms with Gasteiger partial charge in [-0.05, 0) is 23.8 Å². The molecule has 0 aliphatic carbocycles. The molecule has 0 saturated carbocycles. The third kappa shape index (κ3) is 3.12. The molecule has 3 nitrogen and oxygen atoms in total. The number of ether oxygens (including phenoxy) is 1. The van der Waals surface area contributed by atoms with Crippen molar-refractivity contribution in [1.29, 1.82) is 0 Å². The summed E-state index contributed by atoms with van der Waals surface area (Å²) in [4.78, 5) is 3.22. The summed E-state index contributed by atoms with van der Waals surface area (Å²) < 4.78 is 53.0. The minimum Gasteiger partial charge on any atom is -0.503 e. The molecule has 0 aliphatic heterocycles. The highest BCUT2D eigenvalue weighted by molar-refractivity contribution is 5.70. The maximum atomic E-state index is 13.1. The van der Waals surface area contributed by atoms with Crippen LogP contribution in [0.4, 0.5) is 17.6 Å². The second kappa shape index (κ2) is 4.75. The molecule has 0 saturated heterocycles. The van der Waals surface area contributed by atoms with Crippen LogP contribution in [0.1, 0.15) is 0 Å². The zero-order valence-electron chi connectivity index (χ0n) is 9.28. The third-order valence-electron chi connectivity index (χ3n) is 2.26. The van der Waals surface area contributed by atoms with Gasteiger partial charge in [0.15, 0.2) is 5.75 Å². The molecule has 0 bridgehead atoms. The molecule has 0 aliphatic rings. The lowest BCUT2D eigenvalue weighted by Crippen LogP contribution is -2.17. The number of halogens is 4. The van der Waals surface area contributed by atoms with Gasteiger partial charge < -0.3 is 9.84 Å².